The first-order valence-electron chi connectivity index (χ1n) is 8.49. The number of likely N-dealkylation sites (tertiary alicyclic amines) is 1. The summed E-state index contributed by atoms with van der Waals surface area (Å²) in [7, 11) is 0. The number of hydrogen-bond acceptors (Lipinski definition) is 4. The fourth-order valence-electron chi connectivity index (χ4n) is 2.77. The van der Waals surface area contributed by atoms with E-state index >= 15 is 0 Å². The van der Waals surface area contributed by atoms with E-state index in [1.54, 1.807) is 24.0 Å². The number of hydrogen-bond donors (Lipinski definition) is 1. The summed E-state index contributed by atoms with van der Waals surface area (Å²) in [6.45, 7) is 3.25. The maximum absolute atomic E-state index is 12.3. The predicted molar refractivity (Wildman–Crippen MR) is 97.1 cm³/mol. The molecule has 136 valence electrons. The van der Waals surface area contributed by atoms with E-state index in [2.05, 4.69) is 21.2 Å². The number of nitrogens with one attached hydrogen (secondary N) is 1. The molecule has 0 bridgehead atoms. The molecule has 0 unspecified atom stereocenters. The lowest BCUT2D eigenvalue weighted by molar-refractivity contribution is -0.145. The highest BCUT2D eigenvalue weighted by molar-refractivity contribution is 9.10. The molecule has 1 aromatic rings. The number of carbonyl (C=O) groups is 3. The van der Waals surface area contributed by atoms with E-state index in [0.717, 1.165) is 4.47 Å². The van der Waals surface area contributed by atoms with Gasteiger partial charge in [0, 0.05) is 35.6 Å². The van der Waals surface area contributed by atoms with Gasteiger partial charge in [0.2, 0.25) is 5.91 Å². The van der Waals surface area contributed by atoms with Crippen LogP contribution < -0.4 is 5.32 Å². The molecular weight excluding hydrogens is 388 g/mol. The van der Waals surface area contributed by atoms with Gasteiger partial charge in [-0.1, -0.05) is 22.0 Å². The molecule has 1 fully saturated rings. The van der Waals surface area contributed by atoms with Crippen molar-refractivity contribution < 1.29 is 19.1 Å². The zero-order chi connectivity index (χ0) is 18.2. The van der Waals surface area contributed by atoms with E-state index < -0.39 is 0 Å². The van der Waals surface area contributed by atoms with Gasteiger partial charge in [0.25, 0.3) is 5.91 Å². The molecule has 0 aliphatic carbocycles. The lowest BCUT2D eigenvalue weighted by Gasteiger charge is -2.32. The molecule has 0 radical (unpaired) electrons. The van der Waals surface area contributed by atoms with Gasteiger partial charge in [-0.3, -0.25) is 14.4 Å². The first kappa shape index (κ1) is 19.4. The Morgan fingerprint density at radius 2 is 1.96 bits per heavy atom. The van der Waals surface area contributed by atoms with Crippen molar-refractivity contribution in [3.63, 3.8) is 0 Å². The average molecular weight is 411 g/mol. The Morgan fingerprint density at radius 3 is 2.60 bits per heavy atom. The lowest BCUT2D eigenvalue weighted by atomic mass is 10.0. The van der Waals surface area contributed by atoms with Gasteiger partial charge in [-0.15, -0.1) is 0 Å². The summed E-state index contributed by atoms with van der Waals surface area (Å²) in [5.41, 5.74) is 0.613. The molecule has 1 aliphatic heterocycles. The van der Waals surface area contributed by atoms with E-state index in [1.807, 2.05) is 12.1 Å². The first-order valence-corrected chi connectivity index (χ1v) is 9.28. The second-order valence-electron chi connectivity index (χ2n) is 5.94. The number of piperidine rings is 1. The average Bonchev–Trinajstić information content (AvgIpc) is 2.60. The Kier molecular flexibility index (Phi) is 7.43. The Hall–Kier alpha value is -1.89. The molecule has 2 rings (SSSR count). The standard InChI is InChI=1S/C18H23BrN2O4/c1-2-25-17(23)7-6-16(22)21-10-8-15(9-11-21)20-18(24)13-4-3-5-14(19)12-13/h3-5,12,15H,2,6-11H2,1H3,(H,20,24). The monoisotopic (exact) mass is 410 g/mol. The summed E-state index contributed by atoms with van der Waals surface area (Å²) < 4.78 is 5.69. The van der Waals surface area contributed by atoms with Gasteiger partial charge in [-0.05, 0) is 38.0 Å². The van der Waals surface area contributed by atoms with Gasteiger partial charge in [0.15, 0.2) is 0 Å². The molecule has 0 aromatic heterocycles. The Balaban J connectivity index is 1.74. The number of amides is 2. The Morgan fingerprint density at radius 1 is 1.24 bits per heavy atom. The van der Waals surface area contributed by atoms with Crippen molar-refractivity contribution in [1.82, 2.24) is 10.2 Å². The van der Waals surface area contributed by atoms with E-state index in [0.29, 0.717) is 38.1 Å². The van der Waals surface area contributed by atoms with Crippen LogP contribution in [0.3, 0.4) is 0 Å². The van der Waals surface area contributed by atoms with Gasteiger partial charge in [0.1, 0.15) is 0 Å². The number of ether oxygens (including phenoxy) is 1. The van der Waals surface area contributed by atoms with E-state index in [9.17, 15) is 14.4 Å². The van der Waals surface area contributed by atoms with Gasteiger partial charge in [0.05, 0.1) is 13.0 Å². The van der Waals surface area contributed by atoms with Crippen LogP contribution in [0.25, 0.3) is 0 Å². The number of esters is 1. The molecular formula is C18H23BrN2O4. The highest BCUT2D eigenvalue weighted by Crippen LogP contribution is 2.15. The number of nitrogens with zero attached hydrogens (tertiary/aromatic N) is 1. The van der Waals surface area contributed by atoms with Crippen molar-refractivity contribution in [3.8, 4) is 0 Å². The number of rotatable bonds is 6. The zero-order valence-corrected chi connectivity index (χ0v) is 15.9. The van der Waals surface area contributed by atoms with Gasteiger partial charge in [-0.25, -0.2) is 0 Å². The second-order valence-corrected chi connectivity index (χ2v) is 6.86. The molecule has 7 heteroatoms. The third kappa shape index (κ3) is 6.16. The van der Waals surface area contributed by atoms with E-state index in [1.165, 1.54) is 0 Å². The smallest absolute Gasteiger partial charge is 0.306 e. The molecule has 0 atom stereocenters. The Labute approximate surface area is 156 Å². The number of benzene rings is 1. The molecule has 0 saturated carbocycles. The van der Waals surface area contributed by atoms with Crippen LogP contribution in [0.15, 0.2) is 28.7 Å². The van der Waals surface area contributed by atoms with E-state index in [4.69, 9.17) is 4.74 Å². The molecule has 0 spiro atoms. The van der Waals surface area contributed by atoms with E-state index in [-0.39, 0.29) is 36.7 Å². The third-order valence-corrected chi connectivity index (χ3v) is 4.61. The van der Waals surface area contributed by atoms with Crippen molar-refractivity contribution in [1.29, 1.82) is 0 Å². The van der Waals surface area contributed by atoms with Crippen LogP contribution in [0.1, 0.15) is 43.0 Å². The predicted octanol–water partition coefficient (Wildman–Crippen LogP) is 2.51. The van der Waals surface area contributed by atoms with Crippen molar-refractivity contribution in [2.75, 3.05) is 19.7 Å². The fourth-order valence-corrected chi connectivity index (χ4v) is 3.17. The van der Waals surface area contributed by atoms with Crippen molar-refractivity contribution in [2.24, 2.45) is 0 Å². The molecule has 25 heavy (non-hydrogen) atoms. The van der Waals surface area contributed by atoms with Crippen LogP contribution in [0.5, 0.6) is 0 Å². The molecule has 6 nitrogen and oxygen atoms in total. The summed E-state index contributed by atoms with van der Waals surface area (Å²) in [6, 6.07) is 7.30. The minimum Gasteiger partial charge on any atom is -0.466 e. The SMILES string of the molecule is CCOC(=O)CCC(=O)N1CCC(NC(=O)c2cccc(Br)c2)CC1. The summed E-state index contributed by atoms with van der Waals surface area (Å²) in [5, 5.41) is 3.02. The molecule has 2 amide bonds. The highest BCUT2D eigenvalue weighted by Gasteiger charge is 2.24. The fraction of sp³-hybridized carbons (Fsp3) is 0.500. The molecule has 1 aromatic carbocycles. The third-order valence-electron chi connectivity index (χ3n) is 4.12. The Bertz CT molecular complexity index is 627. The van der Waals surface area contributed by atoms with Crippen LogP contribution in [0.2, 0.25) is 0 Å². The largest absolute Gasteiger partial charge is 0.466 e. The van der Waals surface area contributed by atoms with Gasteiger partial charge >= 0.3 is 5.97 Å². The summed E-state index contributed by atoms with van der Waals surface area (Å²) in [5.74, 6) is -0.481. The summed E-state index contributed by atoms with van der Waals surface area (Å²) in [6.07, 6.45) is 1.72. The first-order chi connectivity index (χ1) is 12.0. The van der Waals surface area contributed by atoms with Crippen LogP contribution in [0, 0.1) is 0 Å². The summed E-state index contributed by atoms with van der Waals surface area (Å²) in [4.78, 5) is 37.4. The van der Waals surface area contributed by atoms with Crippen molar-refractivity contribution in [3.05, 3.63) is 34.3 Å². The molecule has 1 heterocycles. The van der Waals surface area contributed by atoms with Gasteiger partial charge < -0.3 is 15.0 Å². The van der Waals surface area contributed by atoms with Gasteiger partial charge in [-0.2, -0.15) is 0 Å². The van der Waals surface area contributed by atoms with Crippen molar-refractivity contribution >= 4 is 33.7 Å². The minimum atomic E-state index is -0.341. The lowest BCUT2D eigenvalue weighted by Crippen LogP contribution is -2.46. The maximum Gasteiger partial charge on any atom is 0.306 e. The highest BCUT2D eigenvalue weighted by atomic mass is 79.9. The summed E-state index contributed by atoms with van der Waals surface area (Å²) >= 11 is 3.36. The second kappa shape index (κ2) is 9.56. The van der Waals surface area contributed by atoms with Crippen LogP contribution in [0.4, 0.5) is 0 Å². The van der Waals surface area contributed by atoms with Crippen LogP contribution in [-0.4, -0.2) is 48.4 Å². The number of halogens is 1. The van der Waals surface area contributed by atoms with Crippen LogP contribution >= 0.6 is 15.9 Å². The quantitative estimate of drug-likeness (QED) is 0.730. The minimum absolute atomic E-state index is 0.0372. The van der Waals surface area contributed by atoms with Crippen molar-refractivity contribution in [2.45, 2.75) is 38.6 Å². The normalized spacial score (nSPS) is 14.9. The molecule has 1 aliphatic rings. The van der Waals surface area contributed by atoms with Crippen LogP contribution in [-0.2, 0) is 14.3 Å². The number of carbonyl (C=O) groups excluding carboxylic acids is 3. The molecule has 1 saturated heterocycles. The molecule has 1 N–H and O–H groups in total. The topological polar surface area (TPSA) is 75.7 Å². The maximum atomic E-state index is 12.3. The zero-order valence-electron chi connectivity index (χ0n) is 14.3.